The van der Waals surface area contributed by atoms with Gasteiger partial charge in [0.05, 0.1) is 15.7 Å². The molecule has 8 nitrogen and oxygen atoms in total. The van der Waals surface area contributed by atoms with Gasteiger partial charge in [-0.3, -0.25) is 14.9 Å². The number of non-ortho nitro benzene ring substituents is 1. The fraction of sp³-hybridized carbons (Fsp3) is 0.417. The first kappa shape index (κ1) is 17.1. The number of hydrogen-bond acceptors (Lipinski definition) is 5. The molecule has 1 rings (SSSR count). The van der Waals surface area contributed by atoms with E-state index in [1.165, 1.54) is 18.2 Å². The number of nitrogens with zero attached hydrogens (tertiary/aromatic N) is 1. The third-order valence-corrected chi connectivity index (χ3v) is 4.27. The van der Waals surface area contributed by atoms with Crippen molar-refractivity contribution in [1.29, 1.82) is 0 Å². The highest BCUT2D eigenvalue weighted by Gasteiger charge is 2.22. The zero-order valence-electron chi connectivity index (χ0n) is 11.4. The summed E-state index contributed by atoms with van der Waals surface area (Å²) < 4.78 is 26.2. The van der Waals surface area contributed by atoms with Gasteiger partial charge in [0.15, 0.2) is 0 Å². The number of nitro benzene ring substituents is 1. The highest BCUT2D eigenvalue weighted by Crippen LogP contribution is 2.17. The average molecular weight is 316 g/mol. The van der Waals surface area contributed by atoms with Gasteiger partial charge in [0.2, 0.25) is 10.0 Å². The Kier molecular flexibility index (Phi) is 5.79. The molecule has 0 saturated heterocycles. The monoisotopic (exact) mass is 316 g/mol. The molecular formula is C12H16N2O6S. The summed E-state index contributed by atoms with van der Waals surface area (Å²) in [5.74, 6) is -1.91. The third kappa shape index (κ3) is 4.80. The van der Waals surface area contributed by atoms with Crippen LogP contribution in [0.4, 0.5) is 5.69 Å². The number of carbonyl (C=O) groups is 1. The molecule has 1 unspecified atom stereocenters. The highest BCUT2D eigenvalue weighted by atomic mass is 32.2. The van der Waals surface area contributed by atoms with Crippen LogP contribution in [-0.2, 0) is 14.8 Å². The standard InChI is InChI=1S/C12H16N2O6S/c1-2-4-9(12(15)16)8-13-21(19,20)11-6-3-5-10(7-11)14(17)18/h3,5-7,9,13H,2,4,8H2,1H3,(H,15,16). The summed E-state index contributed by atoms with van der Waals surface area (Å²) in [6.07, 6.45) is 0.947. The Labute approximate surface area is 122 Å². The van der Waals surface area contributed by atoms with Crippen LogP contribution in [0.25, 0.3) is 0 Å². The van der Waals surface area contributed by atoms with Crippen LogP contribution in [0.5, 0.6) is 0 Å². The van der Waals surface area contributed by atoms with E-state index in [1.807, 2.05) is 0 Å². The number of hydrogen-bond donors (Lipinski definition) is 2. The lowest BCUT2D eigenvalue weighted by atomic mass is 10.1. The van der Waals surface area contributed by atoms with E-state index in [1.54, 1.807) is 6.92 Å². The predicted octanol–water partition coefficient (Wildman–Crippen LogP) is 1.37. The van der Waals surface area contributed by atoms with Gasteiger partial charge in [-0.1, -0.05) is 19.4 Å². The van der Waals surface area contributed by atoms with E-state index >= 15 is 0 Å². The molecule has 116 valence electrons. The minimum atomic E-state index is -3.98. The van der Waals surface area contributed by atoms with Crippen molar-refractivity contribution in [1.82, 2.24) is 4.72 Å². The van der Waals surface area contributed by atoms with E-state index in [0.717, 1.165) is 6.07 Å². The van der Waals surface area contributed by atoms with Crippen LogP contribution >= 0.6 is 0 Å². The summed E-state index contributed by atoms with van der Waals surface area (Å²) in [5, 5.41) is 19.6. The first-order valence-electron chi connectivity index (χ1n) is 6.25. The third-order valence-electron chi connectivity index (χ3n) is 2.84. The normalized spacial score (nSPS) is 12.8. The molecule has 0 spiro atoms. The van der Waals surface area contributed by atoms with Crippen molar-refractivity contribution in [2.75, 3.05) is 6.54 Å². The van der Waals surface area contributed by atoms with Crippen LogP contribution in [-0.4, -0.2) is 31.0 Å². The van der Waals surface area contributed by atoms with E-state index in [4.69, 9.17) is 5.11 Å². The van der Waals surface area contributed by atoms with Crippen molar-refractivity contribution >= 4 is 21.7 Å². The van der Waals surface area contributed by atoms with E-state index in [2.05, 4.69) is 4.72 Å². The number of rotatable bonds is 8. The number of aliphatic carboxylic acids is 1. The Morgan fingerprint density at radius 3 is 2.67 bits per heavy atom. The number of nitro groups is 1. The van der Waals surface area contributed by atoms with Crippen molar-refractivity contribution in [2.24, 2.45) is 5.92 Å². The Morgan fingerprint density at radius 1 is 1.48 bits per heavy atom. The second-order valence-electron chi connectivity index (χ2n) is 4.43. The molecule has 0 aromatic heterocycles. The lowest BCUT2D eigenvalue weighted by Gasteiger charge is -2.12. The van der Waals surface area contributed by atoms with E-state index in [-0.39, 0.29) is 17.1 Å². The number of benzene rings is 1. The van der Waals surface area contributed by atoms with Crippen LogP contribution in [0, 0.1) is 16.0 Å². The van der Waals surface area contributed by atoms with Gasteiger partial charge >= 0.3 is 5.97 Å². The smallest absolute Gasteiger partial charge is 0.307 e. The van der Waals surface area contributed by atoms with Crippen molar-refractivity contribution in [3.63, 3.8) is 0 Å². The molecular weight excluding hydrogens is 300 g/mol. The molecule has 0 aliphatic heterocycles. The van der Waals surface area contributed by atoms with Crippen molar-refractivity contribution < 1.29 is 23.2 Å². The fourth-order valence-corrected chi connectivity index (χ4v) is 2.84. The van der Waals surface area contributed by atoms with E-state index in [9.17, 15) is 23.3 Å². The van der Waals surface area contributed by atoms with Crippen molar-refractivity contribution in [2.45, 2.75) is 24.7 Å². The lowest BCUT2D eigenvalue weighted by Crippen LogP contribution is -2.33. The maximum Gasteiger partial charge on any atom is 0.307 e. The molecule has 0 aliphatic rings. The largest absolute Gasteiger partial charge is 0.481 e. The molecule has 0 fully saturated rings. The maximum atomic E-state index is 12.0. The number of carboxylic acid groups (broad SMARTS) is 1. The van der Waals surface area contributed by atoms with Gasteiger partial charge in [0, 0.05) is 18.7 Å². The molecule has 9 heteroatoms. The molecule has 21 heavy (non-hydrogen) atoms. The Morgan fingerprint density at radius 2 is 2.14 bits per heavy atom. The quantitative estimate of drug-likeness (QED) is 0.551. The Bertz CT molecular complexity index is 628. The van der Waals surface area contributed by atoms with E-state index in [0.29, 0.717) is 12.8 Å². The van der Waals surface area contributed by atoms with Crippen LogP contribution in [0.15, 0.2) is 29.2 Å². The molecule has 1 aromatic rings. The summed E-state index contributed by atoms with van der Waals surface area (Å²) in [5.41, 5.74) is -0.346. The van der Waals surface area contributed by atoms with Gasteiger partial charge in [-0.15, -0.1) is 0 Å². The van der Waals surface area contributed by atoms with Gasteiger partial charge in [-0.25, -0.2) is 13.1 Å². The van der Waals surface area contributed by atoms with Gasteiger partial charge in [-0.2, -0.15) is 0 Å². The van der Waals surface area contributed by atoms with Gasteiger partial charge < -0.3 is 5.11 Å². The van der Waals surface area contributed by atoms with Crippen molar-refractivity contribution in [3.05, 3.63) is 34.4 Å². The topological polar surface area (TPSA) is 127 Å². The number of nitrogens with one attached hydrogen (secondary N) is 1. The van der Waals surface area contributed by atoms with Gasteiger partial charge in [-0.05, 0) is 12.5 Å². The van der Waals surface area contributed by atoms with Crippen LogP contribution < -0.4 is 4.72 Å². The average Bonchev–Trinajstić information content (AvgIpc) is 2.43. The predicted molar refractivity (Wildman–Crippen MR) is 74.3 cm³/mol. The molecule has 0 bridgehead atoms. The number of carboxylic acids is 1. The summed E-state index contributed by atoms with van der Waals surface area (Å²) in [6, 6.07) is 4.58. The lowest BCUT2D eigenvalue weighted by molar-refractivity contribution is -0.385. The second kappa shape index (κ2) is 7.14. The molecule has 1 atom stereocenters. The molecule has 0 radical (unpaired) electrons. The maximum absolute atomic E-state index is 12.0. The summed E-state index contributed by atoms with van der Waals surface area (Å²) in [6.45, 7) is 1.54. The van der Waals surface area contributed by atoms with Crippen LogP contribution in [0.2, 0.25) is 0 Å². The zero-order chi connectivity index (χ0) is 16.0. The molecule has 0 saturated carbocycles. The molecule has 2 N–H and O–H groups in total. The Balaban J connectivity index is 2.89. The van der Waals surface area contributed by atoms with Gasteiger partial charge in [0.25, 0.3) is 5.69 Å². The summed E-state index contributed by atoms with van der Waals surface area (Å²) >= 11 is 0. The zero-order valence-corrected chi connectivity index (χ0v) is 12.2. The molecule has 0 heterocycles. The Hall–Kier alpha value is -2.00. The first-order valence-corrected chi connectivity index (χ1v) is 7.73. The minimum Gasteiger partial charge on any atom is -0.481 e. The van der Waals surface area contributed by atoms with E-state index < -0.39 is 26.8 Å². The molecule has 0 aliphatic carbocycles. The second-order valence-corrected chi connectivity index (χ2v) is 6.20. The SMILES string of the molecule is CCCC(CNS(=O)(=O)c1cccc([N+](=O)[O-])c1)C(=O)O. The fourth-order valence-electron chi connectivity index (χ4n) is 1.72. The van der Waals surface area contributed by atoms with Crippen LogP contribution in [0.1, 0.15) is 19.8 Å². The minimum absolute atomic E-state index is 0.256. The van der Waals surface area contributed by atoms with Crippen LogP contribution in [0.3, 0.4) is 0 Å². The highest BCUT2D eigenvalue weighted by molar-refractivity contribution is 7.89. The molecule has 1 aromatic carbocycles. The number of sulfonamides is 1. The van der Waals surface area contributed by atoms with Crippen molar-refractivity contribution in [3.8, 4) is 0 Å². The summed E-state index contributed by atoms with van der Waals surface area (Å²) in [4.78, 5) is 20.6. The molecule has 0 amide bonds. The summed E-state index contributed by atoms with van der Waals surface area (Å²) in [7, 11) is -3.98. The van der Waals surface area contributed by atoms with Gasteiger partial charge in [0.1, 0.15) is 0 Å². The first-order chi connectivity index (χ1) is 9.77.